The fraction of sp³-hybridized carbons (Fsp3) is 0.250. The predicted molar refractivity (Wildman–Crippen MR) is 116 cm³/mol. The van der Waals surface area contributed by atoms with Crippen LogP contribution < -0.4 is 5.32 Å². The Balaban J connectivity index is 1.81. The summed E-state index contributed by atoms with van der Waals surface area (Å²) in [6, 6.07) is 12.3. The lowest BCUT2D eigenvalue weighted by atomic mass is 10.2. The highest BCUT2D eigenvalue weighted by molar-refractivity contribution is 8.00. The van der Waals surface area contributed by atoms with Crippen LogP contribution in [-0.4, -0.2) is 47.9 Å². The number of aromatic nitrogens is 2. The van der Waals surface area contributed by atoms with Gasteiger partial charge in [0.1, 0.15) is 11.4 Å². The van der Waals surface area contributed by atoms with Gasteiger partial charge in [-0.2, -0.15) is 0 Å². The molecule has 0 saturated carbocycles. The Labute approximate surface area is 174 Å². The molecule has 0 unspecified atom stereocenters. The first-order chi connectivity index (χ1) is 13.7. The molecule has 0 radical (unpaired) electrons. The largest absolute Gasteiger partial charge is 0.325 e. The number of benzene rings is 2. The fourth-order valence-corrected chi connectivity index (χ4v) is 4.47. The molecule has 1 N–H and O–H groups in total. The van der Waals surface area contributed by atoms with Crippen molar-refractivity contribution in [3.05, 3.63) is 54.4 Å². The molecule has 0 spiro atoms. The summed E-state index contributed by atoms with van der Waals surface area (Å²) in [6.45, 7) is 3.60. The number of hydrogen-bond acceptors (Lipinski definition) is 6. The number of rotatable bonds is 6. The zero-order valence-corrected chi connectivity index (χ0v) is 18.2. The van der Waals surface area contributed by atoms with Crippen LogP contribution in [0.25, 0.3) is 10.9 Å². The standard InChI is InChI=1S/C20H22N4O3S2/c1-13-9-10-15(29(26,27)24(3)4)11-18(13)23-19(25)14(2)28-20-16-7-5-6-8-17(16)21-12-22-20/h5-12,14H,1-4H3,(H,23,25)/t14-/m1/s1. The summed E-state index contributed by atoms with van der Waals surface area (Å²) in [7, 11) is -0.644. The molecule has 0 bridgehead atoms. The second-order valence-electron chi connectivity index (χ2n) is 6.71. The zero-order valence-electron chi connectivity index (χ0n) is 16.6. The second-order valence-corrected chi connectivity index (χ2v) is 10.2. The Morgan fingerprint density at radius 3 is 2.59 bits per heavy atom. The molecule has 1 heterocycles. The van der Waals surface area contributed by atoms with Gasteiger partial charge in [0.15, 0.2) is 0 Å². The van der Waals surface area contributed by atoms with Crippen LogP contribution in [0.5, 0.6) is 0 Å². The van der Waals surface area contributed by atoms with Crippen LogP contribution in [0.1, 0.15) is 12.5 Å². The predicted octanol–water partition coefficient (Wildman–Crippen LogP) is 3.31. The molecule has 9 heteroatoms. The fourth-order valence-electron chi connectivity index (χ4n) is 2.64. The van der Waals surface area contributed by atoms with Gasteiger partial charge in [-0.25, -0.2) is 22.7 Å². The van der Waals surface area contributed by atoms with E-state index in [0.29, 0.717) is 5.69 Å². The van der Waals surface area contributed by atoms with Crippen LogP contribution in [-0.2, 0) is 14.8 Å². The summed E-state index contributed by atoms with van der Waals surface area (Å²) in [5.74, 6) is -0.236. The Kier molecular flexibility index (Phi) is 6.21. The number of para-hydroxylation sites is 1. The van der Waals surface area contributed by atoms with Gasteiger partial charge in [-0.1, -0.05) is 36.0 Å². The topological polar surface area (TPSA) is 92.3 Å². The van der Waals surface area contributed by atoms with Crippen LogP contribution >= 0.6 is 11.8 Å². The lowest BCUT2D eigenvalue weighted by Gasteiger charge is -2.16. The van der Waals surface area contributed by atoms with E-state index in [1.807, 2.05) is 31.2 Å². The van der Waals surface area contributed by atoms with E-state index >= 15 is 0 Å². The van der Waals surface area contributed by atoms with Gasteiger partial charge in [-0.3, -0.25) is 4.79 Å². The quantitative estimate of drug-likeness (QED) is 0.476. The van der Waals surface area contributed by atoms with Gasteiger partial charge >= 0.3 is 0 Å². The van der Waals surface area contributed by atoms with Gasteiger partial charge in [-0.15, -0.1) is 0 Å². The van der Waals surface area contributed by atoms with Crippen molar-refractivity contribution >= 4 is 44.3 Å². The Morgan fingerprint density at radius 2 is 1.86 bits per heavy atom. The van der Waals surface area contributed by atoms with Crippen molar-refractivity contribution in [2.75, 3.05) is 19.4 Å². The van der Waals surface area contributed by atoms with Crippen molar-refractivity contribution < 1.29 is 13.2 Å². The van der Waals surface area contributed by atoms with Gasteiger partial charge in [0.2, 0.25) is 15.9 Å². The number of carbonyl (C=O) groups excluding carboxylic acids is 1. The maximum Gasteiger partial charge on any atom is 0.242 e. The summed E-state index contributed by atoms with van der Waals surface area (Å²) in [4.78, 5) is 21.4. The summed E-state index contributed by atoms with van der Waals surface area (Å²) < 4.78 is 25.9. The van der Waals surface area contributed by atoms with Gasteiger partial charge in [0.05, 0.1) is 15.7 Å². The van der Waals surface area contributed by atoms with Gasteiger partial charge in [0.25, 0.3) is 0 Å². The average molecular weight is 431 g/mol. The molecule has 3 aromatic rings. The van der Waals surface area contributed by atoms with Crippen molar-refractivity contribution in [2.24, 2.45) is 0 Å². The van der Waals surface area contributed by atoms with Crippen LogP contribution in [0, 0.1) is 6.92 Å². The molecule has 3 rings (SSSR count). The minimum atomic E-state index is -3.59. The van der Waals surface area contributed by atoms with Crippen LogP contribution in [0.15, 0.2) is 58.7 Å². The molecule has 1 atom stereocenters. The molecule has 0 aliphatic rings. The first-order valence-corrected chi connectivity index (χ1v) is 11.2. The minimum absolute atomic E-state index is 0.130. The molecule has 0 fully saturated rings. The molecule has 7 nitrogen and oxygen atoms in total. The maximum absolute atomic E-state index is 12.8. The first-order valence-electron chi connectivity index (χ1n) is 8.90. The van der Waals surface area contributed by atoms with Crippen LogP contribution in [0.4, 0.5) is 5.69 Å². The van der Waals surface area contributed by atoms with Crippen molar-refractivity contribution in [3.63, 3.8) is 0 Å². The number of sulfonamides is 1. The molecular weight excluding hydrogens is 408 g/mol. The number of carbonyl (C=O) groups is 1. The molecule has 2 aromatic carbocycles. The van der Waals surface area contributed by atoms with E-state index in [-0.39, 0.29) is 10.8 Å². The number of aryl methyl sites for hydroxylation is 1. The first kappa shape index (κ1) is 21.2. The van der Waals surface area contributed by atoms with Gasteiger partial charge in [-0.05, 0) is 37.6 Å². The number of nitrogens with one attached hydrogen (secondary N) is 1. The third kappa shape index (κ3) is 4.58. The van der Waals surface area contributed by atoms with Crippen molar-refractivity contribution in [3.8, 4) is 0 Å². The smallest absolute Gasteiger partial charge is 0.242 e. The number of fused-ring (bicyclic) bond motifs is 1. The molecule has 1 amide bonds. The average Bonchev–Trinajstić information content (AvgIpc) is 2.69. The van der Waals surface area contributed by atoms with E-state index in [9.17, 15) is 13.2 Å². The number of thioether (sulfide) groups is 1. The van der Waals surface area contributed by atoms with E-state index in [1.54, 1.807) is 13.0 Å². The van der Waals surface area contributed by atoms with E-state index < -0.39 is 15.3 Å². The van der Waals surface area contributed by atoms with E-state index in [2.05, 4.69) is 15.3 Å². The number of amides is 1. The second kappa shape index (κ2) is 8.48. The van der Waals surface area contributed by atoms with Crippen LogP contribution in [0.3, 0.4) is 0 Å². The van der Waals surface area contributed by atoms with Gasteiger partial charge in [0, 0.05) is 25.2 Å². The Hall–Kier alpha value is -2.49. The van der Waals surface area contributed by atoms with Crippen molar-refractivity contribution in [1.82, 2.24) is 14.3 Å². The van der Waals surface area contributed by atoms with Gasteiger partial charge < -0.3 is 5.32 Å². The molecule has 152 valence electrons. The number of hydrogen-bond donors (Lipinski definition) is 1. The molecule has 29 heavy (non-hydrogen) atoms. The summed E-state index contributed by atoms with van der Waals surface area (Å²) in [5, 5.41) is 4.01. The Morgan fingerprint density at radius 1 is 1.14 bits per heavy atom. The lowest BCUT2D eigenvalue weighted by Crippen LogP contribution is -2.24. The molecule has 0 aliphatic heterocycles. The normalized spacial score (nSPS) is 12.9. The highest BCUT2D eigenvalue weighted by Gasteiger charge is 2.21. The monoisotopic (exact) mass is 430 g/mol. The van der Waals surface area contributed by atoms with Crippen LogP contribution in [0.2, 0.25) is 0 Å². The highest BCUT2D eigenvalue weighted by Crippen LogP contribution is 2.29. The SMILES string of the molecule is Cc1ccc(S(=O)(=O)N(C)C)cc1NC(=O)[C@@H](C)Sc1ncnc2ccccc12. The summed E-state index contributed by atoms with van der Waals surface area (Å²) >= 11 is 1.33. The zero-order chi connectivity index (χ0) is 21.2. The van der Waals surface area contributed by atoms with Crippen molar-refractivity contribution in [1.29, 1.82) is 0 Å². The minimum Gasteiger partial charge on any atom is -0.325 e. The molecule has 1 aromatic heterocycles. The third-order valence-electron chi connectivity index (χ3n) is 4.41. The summed E-state index contributed by atoms with van der Waals surface area (Å²) in [6.07, 6.45) is 1.48. The summed E-state index contributed by atoms with van der Waals surface area (Å²) in [5.41, 5.74) is 2.06. The van der Waals surface area contributed by atoms with E-state index in [0.717, 1.165) is 25.8 Å². The number of anilines is 1. The maximum atomic E-state index is 12.8. The molecule has 0 aliphatic carbocycles. The van der Waals surface area contributed by atoms with E-state index in [1.165, 1.54) is 44.3 Å². The molecular formula is C20H22N4O3S2. The Bertz CT molecular complexity index is 1160. The molecule has 0 saturated heterocycles. The van der Waals surface area contributed by atoms with Crippen molar-refractivity contribution in [2.45, 2.75) is 29.0 Å². The lowest BCUT2D eigenvalue weighted by molar-refractivity contribution is -0.115. The number of nitrogens with zero attached hydrogens (tertiary/aromatic N) is 3. The third-order valence-corrected chi connectivity index (χ3v) is 7.34. The highest BCUT2D eigenvalue weighted by atomic mass is 32.2. The van der Waals surface area contributed by atoms with E-state index in [4.69, 9.17) is 0 Å².